The molecule has 1 N–H and O–H groups in total. The van der Waals surface area contributed by atoms with Gasteiger partial charge in [0.05, 0.1) is 0 Å². The molecule has 0 aromatic heterocycles. The quantitative estimate of drug-likeness (QED) is 0.786. The Hall–Kier alpha value is -0.120. The Morgan fingerprint density at radius 1 is 1.12 bits per heavy atom. The van der Waals surface area contributed by atoms with Crippen LogP contribution in [0.15, 0.2) is 0 Å². The molecule has 100 valence electrons. The lowest BCUT2D eigenvalue weighted by atomic mass is 9.90. The lowest BCUT2D eigenvalue weighted by Gasteiger charge is -2.45. The second-order valence-corrected chi connectivity index (χ2v) is 6.16. The number of piperidine rings is 2. The van der Waals surface area contributed by atoms with Gasteiger partial charge in [-0.25, -0.2) is 0 Å². The maximum absolute atomic E-state index is 3.46. The van der Waals surface area contributed by atoms with Gasteiger partial charge in [-0.05, 0) is 59.3 Å². The average molecular weight is 239 g/mol. The van der Waals surface area contributed by atoms with Gasteiger partial charge in [0, 0.05) is 24.7 Å². The Bertz CT molecular complexity index is 244. The average Bonchev–Trinajstić information content (AvgIpc) is 2.32. The van der Waals surface area contributed by atoms with Gasteiger partial charge in [0.25, 0.3) is 0 Å². The molecule has 0 bridgehead atoms. The monoisotopic (exact) mass is 239 g/mol. The van der Waals surface area contributed by atoms with E-state index >= 15 is 0 Å². The van der Waals surface area contributed by atoms with Crippen LogP contribution in [0.25, 0.3) is 0 Å². The lowest BCUT2D eigenvalue weighted by molar-refractivity contribution is 0.0499. The Morgan fingerprint density at radius 2 is 1.88 bits per heavy atom. The first-order chi connectivity index (χ1) is 8.11. The zero-order valence-electron chi connectivity index (χ0n) is 11.9. The maximum atomic E-state index is 3.46. The number of nitrogens with one attached hydrogen (secondary N) is 1. The zero-order valence-corrected chi connectivity index (χ0v) is 11.9. The normalized spacial score (nSPS) is 41.6. The molecule has 2 rings (SSSR count). The van der Waals surface area contributed by atoms with Crippen LogP contribution in [-0.4, -0.2) is 61.7 Å². The Balaban J connectivity index is 1.87. The summed E-state index contributed by atoms with van der Waals surface area (Å²) >= 11 is 0. The molecule has 4 unspecified atom stereocenters. The Morgan fingerprint density at radius 3 is 2.47 bits per heavy atom. The smallest absolute Gasteiger partial charge is 0.0122 e. The van der Waals surface area contributed by atoms with Crippen molar-refractivity contribution in [2.75, 3.05) is 33.7 Å². The summed E-state index contributed by atoms with van der Waals surface area (Å²) in [7, 11) is 4.37. The molecule has 0 amide bonds. The highest BCUT2D eigenvalue weighted by molar-refractivity contribution is 4.89. The van der Waals surface area contributed by atoms with Crippen molar-refractivity contribution in [3.8, 4) is 0 Å². The molecule has 2 aliphatic rings. The highest BCUT2D eigenvalue weighted by atomic mass is 15.2. The van der Waals surface area contributed by atoms with Crippen LogP contribution in [0.2, 0.25) is 0 Å². The summed E-state index contributed by atoms with van der Waals surface area (Å²) in [6.07, 6.45) is 4.03. The van der Waals surface area contributed by atoms with E-state index in [1.54, 1.807) is 0 Å². The topological polar surface area (TPSA) is 18.5 Å². The molecule has 0 aromatic rings. The van der Waals surface area contributed by atoms with Gasteiger partial charge in [-0.15, -0.1) is 0 Å². The van der Waals surface area contributed by atoms with Gasteiger partial charge in [-0.3, -0.25) is 4.90 Å². The first-order valence-corrected chi connectivity index (χ1v) is 7.23. The van der Waals surface area contributed by atoms with Crippen molar-refractivity contribution < 1.29 is 0 Å². The van der Waals surface area contributed by atoms with Crippen LogP contribution < -0.4 is 5.32 Å². The molecule has 0 aromatic carbocycles. The van der Waals surface area contributed by atoms with Crippen LogP contribution in [0.5, 0.6) is 0 Å². The van der Waals surface area contributed by atoms with E-state index in [0.29, 0.717) is 0 Å². The van der Waals surface area contributed by atoms with Crippen LogP contribution in [0.1, 0.15) is 33.1 Å². The van der Waals surface area contributed by atoms with Crippen LogP contribution >= 0.6 is 0 Å². The molecular formula is C14H29N3. The highest BCUT2D eigenvalue weighted by Crippen LogP contribution is 2.25. The minimum atomic E-state index is 0.731. The molecule has 0 aliphatic carbocycles. The molecule has 3 heteroatoms. The fraction of sp³-hybridized carbons (Fsp3) is 1.00. The summed E-state index contributed by atoms with van der Waals surface area (Å²) < 4.78 is 0. The number of hydrogen-bond acceptors (Lipinski definition) is 3. The second kappa shape index (κ2) is 5.68. The lowest BCUT2D eigenvalue weighted by Crippen LogP contribution is -2.54. The Kier molecular flexibility index (Phi) is 4.45. The van der Waals surface area contributed by atoms with Crippen molar-refractivity contribution in [2.24, 2.45) is 5.92 Å². The van der Waals surface area contributed by atoms with Crippen LogP contribution in [0.4, 0.5) is 0 Å². The molecule has 3 nitrogen and oxygen atoms in total. The van der Waals surface area contributed by atoms with Gasteiger partial charge >= 0.3 is 0 Å². The third-order valence-corrected chi connectivity index (χ3v) is 5.00. The summed E-state index contributed by atoms with van der Waals surface area (Å²) in [6.45, 7) is 8.61. The summed E-state index contributed by atoms with van der Waals surface area (Å²) in [4.78, 5) is 5.25. The minimum Gasteiger partial charge on any atom is -0.317 e. The molecule has 2 aliphatic heterocycles. The highest BCUT2D eigenvalue weighted by Gasteiger charge is 2.32. The first kappa shape index (κ1) is 13.3. The molecule has 2 heterocycles. The van der Waals surface area contributed by atoms with Crippen molar-refractivity contribution in [2.45, 2.75) is 51.2 Å². The molecule has 0 radical (unpaired) electrons. The van der Waals surface area contributed by atoms with E-state index in [1.807, 2.05) is 0 Å². The van der Waals surface area contributed by atoms with Crippen LogP contribution in [0.3, 0.4) is 0 Å². The predicted molar refractivity (Wildman–Crippen MR) is 73.3 cm³/mol. The third-order valence-electron chi connectivity index (χ3n) is 5.00. The fourth-order valence-corrected chi connectivity index (χ4v) is 3.53. The number of likely N-dealkylation sites (tertiary alicyclic amines) is 2. The van der Waals surface area contributed by atoms with E-state index < -0.39 is 0 Å². The van der Waals surface area contributed by atoms with E-state index in [4.69, 9.17) is 0 Å². The van der Waals surface area contributed by atoms with Crippen molar-refractivity contribution in [3.05, 3.63) is 0 Å². The summed E-state index contributed by atoms with van der Waals surface area (Å²) in [5, 5.41) is 3.46. The predicted octanol–water partition coefficient (Wildman–Crippen LogP) is 1.40. The second-order valence-electron chi connectivity index (χ2n) is 6.16. The van der Waals surface area contributed by atoms with E-state index in [9.17, 15) is 0 Å². The fourth-order valence-electron chi connectivity index (χ4n) is 3.53. The van der Waals surface area contributed by atoms with E-state index in [1.165, 1.54) is 38.9 Å². The summed E-state index contributed by atoms with van der Waals surface area (Å²) in [5.41, 5.74) is 0. The number of nitrogens with zero attached hydrogens (tertiary/aromatic N) is 2. The maximum Gasteiger partial charge on any atom is 0.0122 e. The van der Waals surface area contributed by atoms with Gasteiger partial charge in [0.2, 0.25) is 0 Å². The summed E-state index contributed by atoms with van der Waals surface area (Å²) in [6, 6.07) is 2.32. The molecule has 2 fully saturated rings. The Labute approximate surface area is 107 Å². The van der Waals surface area contributed by atoms with Crippen LogP contribution in [-0.2, 0) is 0 Å². The van der Waals surface area contributed by atoms with Crippen molar-refractivity contribution in [1.82, 2.24) is 15.1 Å². The van der Waals surface area contributed by atoms with Gasteiger partial charge in [0.15, 0.2) is 0 Å². The molecular weight excluding hydrogens is 210 g/mol. The first-order valence-electron chi connectivity index (χ1n) is 7.23. The zero-order chi connectivity index (χ0) is 12.4. The van der Waals surface area contributed by atoms with E-state index in [0.717, 1.165) is 24.0 Å². The van der Waals surface area contributed by atoms with Crippen molar-refractivity contribution >= 4 is 0 Å². The van der Waals surface area contributed by atoms with E-state index in [2.05, 4.69) is 43.1 Å². The number of rotatable bonds is 2. The van der Waals surface area contributed by atoms with Crippen molar-refractivity contribution in [3.63, 3.8) is 0 Å². The number of hydrogen-bond donors (Lipinski definition) is 1. The third kappa shape index (κ3) is 3.01. The summed E-state index contributed by atoms with van der Waals surface area (Å²) in [5.74, 6) is 0.795. The molecule has 0 saturated carbocycles. The van der Waals surface area contributed by atoms with Gasteiger partial charge in [-0.1, -0.05) is 6.92 Å². The van der Waals surface area contributed by atoms with Gasteiger partial charge in [-0.2, -0.15) is 0 Å². The largest absolute Gasteiger partial charge is 0.317 e. The van der Waals surface area contributed by atoms with Crippen molar-refractivity contribution in [1.29, 1.82) is 0 Å². The molecule has 0 spiro atoms. The van der Waals surface area contributed by atoms with Gasteiger partial charge in [0.1, 0.15) is 0 Å². The minimum absolute atomic E-state index is 0.731. The molecule has 17 heavy (non-hydrogen) atoms. The molecule has 2 saturated heterocycles. The SMILES string of the molecule is CNC1CCN(C2CCN(C)C(C)C2)CC1C. The van der Waals surface area contributed by atoms with Crippen LogP contribution in [0, 0.1) is 5.92 Å². The standard InChI is InChI=1S/C14H29N3/c1-11-10-17(8-6-14(11)15-3)13-5-7-16(4)12(2)9-13/h11-15H,5-10H2,1-4H3. The molecule has 4 atom stereocenters. The van der Waals surface area contributed by atoms with E-state index in [-0.39, 0.29) is 0 Å². The van der Waals surface area contributed by atoms with Gasteiger partial charge < -0.3 is 10.2 Å².